The number of amides is 2. The van der Waals surface area contributed by atoms with E-state index in [2.05, 4.69) is 144 Å². The predicted molar refractivity (Wildman–Crippen MR) is 494 cm³/mol. The van der Waals surface area contributed by atoms with E-state index in [1.807, 2.05) is 143 Å². The van der Waals surface area contributed by atoms with Gasteiger partial charge in [0, 0.05) is 58.7 Å². The van der Waals surface area contributed by atoms with Gasteiger partial charge < -0.3 is 53.8 Å². The number of halogens is 6. The number of nitrogen functional groups attached to an aromatic ring is 1. The molecule has 0 unspecified atom stereocenters. The molecule has 0 spiro atoms. The van der Waals surface area contributed by atoms with Crippen LogP contribution in [0.4, 0.5) is 24.9 Å². The van der Waals surface area contributed by atoms with E-state index in [0.717, 1.165) is 104 Å². The van der Waals surface area contributed by atoms with Gasteiger partial charge in [-0.25, -0.2) is 24.0 Å². The Morgan fingerprint density at radius 1 is 0.458 bits per heavy atom. The lowest BCUT2D eigenvalue weighted by Crippen LogP contribution is -2.42. The molecule has 5 aromatic heterocycles. The standard InChI is InChI=1S/C19H26BrN3O3.C14H17BrN2O3.C12H13BrN2O3.C11H21NO2.C9H9BrN2O.C7H5BrN2O.C7H6BrNO2.5CH4/c1-5-25-17-15-12-13(20)6-7-16(15)23(21-17)14-8-10-22(11-9-14)18(24)26-19(2,3)4;1-5-19-12-10-8-9(15)6-7-11(10)17(16-12)13(18)20-14(2,3)4;1-12(2,3)18-11(17)15-9-5-4-7(13)6-8(9)10(16)14-15;1-9-5-7-12(8-6-9)10(13)14-11(2,3)4;1-2-13-9-7-5-6(10)3-4-8(7)11-12-9;8-4-1-2-6-5(3-4)7(11)10-9-6;8-4-1-2-6(9)5(3-4)7(10)11;;;;;/h6-7,12,14H,5,8-11H2,1-4H3;6-8H,5H2,1-4H3;4-6H,1-3H3,(H,14,16);9H,5-8H2,1-4H3;3-5H,2H2,1H3,(H,11,12);1-3H,(H2,9,10,11);1-3H,9H2,(H,10,11);5*1H4. The topological polar surface area (TPSA) is 353 Å². The number of fused-ring (bicyclic) bond motifs is 5. The molecule has 2 amide bonds. The summed E-state index contributed by atoms with van der Waals surface area (Å²) in [5, 5.41) is 36.1. The van der Waals surface area contributed by atoms with Gasteiger partial charge in [-0.3, -0.25) is 34.7 Å². The first-order valence-corrected chi connectivity index (χ1v) is 41.1. The molecule has 11 aromatic rings. The van der Waals surface area contributed by atoms with Crippen LogP contribution in [-0.2, 0) is 18.9 Å². The SMILES string of the molecule is C.C.C.C.C.CC(C)(C)OC(=O)n1[nH]c(=O)c2cc(Br)ccc21.CC1CCN(C(=O)OC(C)(C)C)CC1.CCOc1n[nH]c2ccc(Br)cc12.CCOc1nn(C(=O)OC(C)(C)C)c2ccc(Br)cc12.CCOc1nn(C2CCN(C(=O)OC(C)(C)C)CC2)c2ccc(Br)cc12.Nc1ccc(Br)cc1C(=O)O.O=c1[nH][nH]c2ccc(Br)cc12. The minimum Gasteiger partial charge on any atom is -0.478 e. The van der Waals surface area contributed by atoms with Gasteiger partial charge in [-0.05, 0) is 245 Å². The number of carbonyl (C=O) groups is 5. The summed E-state index contributed by atoms with van der Waals surface area (Å²) in [6, 6.07) is 33.1. The van der Waals surface area contributed by atoms with E-state index in [-0.39, 0.29) is 83.3 Å². The van der Waals surface area contributed by atoms with E-state index in [1.165, 1.54) is 10.7 Å². The molecular formula is C84H117Br6N13O15. The molecule has 6 aromatic carbocycles. The fraction of sp³-hybridized carbons (Fsp3) is 0.452. The van der Waals surface area contributed by atoms with Crippen molar-refractivity contribution in [3.05, 3.63) is 162 Å². The molecule has 7 N–H and O–H groups in total. The summed E-state index contributed by atoms with van der Waals surface area (Å²) in [5.74, 6) is 1.49. The fourth-order valence-corrected chi connectivity index (χ4v) is 13.1. The minimum absolute atomic E-state index is 0. The summed E-state index contributed by atoms with van der Waals surface area (Å²) in [6.07, 6.45) is 2.37. The number of piperidine rings is 2. The van der Waals surface area contributed by atoms with E-state index < -0.39 is 35.0 Å². The Labute approximate surface area is 741 Å². The summed E-state index contributed by atoms with van der Waals surface area (Å²) in [7, 11) is 0. The molecule has 0 bridgehead atoms. The zero-order valence-electron chi connectivity index (χ0n) is 65.9. The van der Waals surface area contributed by atoms with Crippen LogP contribution in [-0.4, -0.2) is 163 Å². The predicted octanol–water partition coefficient (Wildman–Crippen LogP) is 23.5. The molecule has 0 aliphatic carbocycles. The van der Waals surface area contributed by atoms with Crippen molar-refractivity contribution in [1.82, 2.24) is 59.5 Å². The Morgan fingerprint density at radius 2 is 0.847 bits per heavy atom. The van der Waals surface area contributed by atoms with E-state index in [4.69, 9.17) is 49.1 Å². The van der Waals surface area contributed by atoms with Crippen LogP contribution in [0.5, 0.6) is 17.6 Å². The highest BCUT2D eigenvalue weighted by molar-refractivity contribution is 9.11. The molecular weight excluding hydrogens is 1910 g/mol. The van der Waals surface area contributed by atoms with E-state index in [0.29, 0.717) is 76.8 Å². The molecule has 13 rings (SSSR count). The Kier molecular flexibility index (Phi) is 41.8. The van der Waals surface area contributed by atoms with Crippen LogP contribution in [0.3, 0.4) is 0 Å². The summed E-state index contributed by atoms with van der Waals surface area (Å²) in [6.45, 7) is 34.8. The van der Waals surface area contributed by atoms with Crippen molar-refractivity contribution in [3.8, 4) is 17.6 Å². The number of H-pyrrole nitrogens is 4. The molecule has 2 fully saturated rings. The Balaban J connectivity index is 0.000000473. The fourth-order valence-electron chi connectivity index (χ4n) is 11.0. The van der Waals surface area contributed by atoms with Gasteiger partial charge in [-0.1, -0.05) is 140 Å². The summed E-state index contributed by atoms with van der Waals surface area (Å²) >= 11 is 20.0. The number of nitrogens with two attached hydrogens (primary N) is 1. The third-order valence-corrected chi connectivity index (χ3v) is 19.0. The molecule has 0 radical (unpaired) electrons. The number of aromatic nitrogens is 10. The van der Waals surface area contributed by atoms with Crippen molar-refractivity contribution < 1.29 is 62.2 Å². The van der Waals surface area contributed by atoms with Gasteiger partial charge >= 0.3 is 30.3 Å². The Bertz CT molecular complexity index is 5220. The number of carboxylic acids is 1. The number of anilines is 1. The average molecular weight is 2030 g/mol. The van der Waals surface area contributed by atoms with E-state index in [1.54, 1.807) is 68.1 Å². The van der Waals surface area contributed by atoms with Gasteiger partial charge in [-0.15, -0.1) is 15.3 Å². The first kappa shape index (κ1) is 105. The number of aromatic amines is 4. The normalized spacial score (nSPS) is 12.7. The molecule has 7 heterocycles. The van der Waals surface area contributed by atoms with Gasteiger partial charge in [0.25, 0.3) is 11.1 Å². The highest BCUT2D eigenvalue weighted by Gasteiger charge is 2.31. The number of aromatic carboxylic acids is 1. The number of nitrogens with one attached hydrogen (secondary N) is 4. The van der Waals surface area contributed by atoms with Gasteiger partial charge in [0.05, 0.1) is 85.9 Å². The van der Waals surface area contributed by atoms with Crippen LogP contribution in [0.15, 0.2) is 146 Å². The monoisotopic (exact) mass is 2020 g/mol. The van der Waals surface area contributed by atoms with Crippen molar-refractivity contribution >= 4 is 186 Å². The number of carbonyl (C=O) groups excluding carboxylic acids is 4. The average Bonchev–Trinajstić information content (AvgIpc) is 1.64. The van der Waals surface area contributed by atoms with Gasteiger partial charge in [0.1, 0.15) is 22.4 Å². The van der Waals surface area contributed by atoms with Crippen molar-refractivity contribution in [3.63, 3.8) is 0 Å². The molecule has 28 nitrogen and oxygen atoms in total. The molecule has 2 saturated heterocycles. The zero-order valence-corrected chi connectivity index (χ0v) is 75.4. The van der Waals surface area contributed by atoms with Crippen molar-refractivity contribution in [2.45, 2.75) is 202 Å². The van der Waals surface area contributed by atoms with E-state index in [9.17, 15) is 33.6 Å². The van der Waals surface area contributed by atoms with Crippen LogP contribution in [0.2, 0.25) is 0 Å². The maximum Gasteiger partial charge on any atom is 0.435 e. The highest BCUT2D eigenvalue weighted by Crippen LogP contribution is 2.35. The highest BCUT2D eigenvalue weighted by atomic mass is 79.9. The van der Waals surface area contributed by atoms with Crippen molar-refractivity contribution in [1.29, 1.82) is 0 Å². The lowest BCUT2D eigenvalue weighted by Gasteiger charge is -2.33. The lowest BCUT2D eigenvalue weighted by molar-refractivity contribution is 0.0177. The number of benzene rings is 6. The quantitative estimate of drug-likeness (QED) is 0.0608. The third kappa shape index (κ3) is 31.5. The molecule has 2 aliphatic rings. The largest absolute Gasteiger partial charge is 0.478 e. The van der Waals surface area contributed by atoms with Gasteiger partial charge in [-0.2, -0.15) is 9.36 Å². The summed E-state index contributed by atoms with van der Waals surface area (Å²) in [4.78, 5) is 84.8. The minimum atomic E-state index is -1.01. The maximum atomic E-state index is 12.3. The molecule has 0 atom stereocenters. The molecule has 34 heteroatoms. The second-order valence-corrected chi connectivity index (χ2v) is 35.4. The number of rotatable bonds is 8. The summed E-state index contributed by atoms with van der Waals surface area (Å²) < 4.78 is 47.6. The van der Waals surface area contributed by atoms with Gasteiger partial charge in [0.15, 0.2) is 0 Å². The first-order valence-electron chi connectivity index (χ1n) is 36.3. The second-order valence-electron chi connectivity index (χ2n) is 29.9. The molecule has 2 aliphatic heterocycles. The number of likely N-dealkylation sites (tertiary alicyclic amines) is 2. The molecule has 650 valence electrons. The number of hydrogen-bond donors (Lipinski definition) is 6. The van der Waals surface area contributed by atoms with Crippen molar-refractivity contribution in [2.24, 2.45) is 5.92 Å². The van der Waals surface area contributed by atoms with E-state index >= 15 is 0 Å². The van der Waals surface area contributed by atoms with Crippen LogP contribution in [0, 0.1) is 5.92 Å². The second kappa shape index (κ2) is 46.8. The number of ether oxygens (including phenoxy) is 7. The Morgan fingerprint density at radius 3 is 1.33 bits per heavy atom. The summed E-state index contributed by atoms with van der Waals surface area (Å²) in [5.41, 5.74) is 7.40. The molecule has 0 saturated carbocycles. The zero-order chi connectivity index (χ0) is 83.6. The van der Waals surface area contributed by atoms with Crippen molar-refractivity contribution in [2.75, 3.05) is 51.7 Å². The first-order chi connectivity index (χ1) is 52.9. The van der Waals surface area contributed by atoms with Crippen LogP contribution in [0.1, 0.15) is 190 Å². The van der Waals surface area contributed by atoms with Crippen LogP contribution >= 0.6 is 95.6 Å². The molecule has 118 heavy (non-hydrogen) atoms. The third-order valence-electron chi connectivity index (χ3n) is 16.1. The lowest BCUT2D eigenvalue weighted by atomic mass is 10.00. The number of hydrogen-bond acceptors (Lipinski definition) is 18. The number of nitrogens with zero attached hydrogens (tertiary/aromatic N) is 8. The van der Waals surface area contributed by atoms with Crippen LogP contribution in [0.25, 0.3) is 54.5 Å². The van der Waals surface area contributed by atoms with Crippen LogP contribution < -0.4 is 31.1 Å². The Hall–Kier alpha value is -8.70. The number of carboxylic acid groups (broad SMARTS) is 1. The maximum absolute atomic E-state index is 12.3. The van der Waals surface area contributed by atoms with Gasteiger partial charge in [0.2, 0.25) is 17.6 Å². The smallest absolute Gasteiger partial charge is 0.435 e.